The van der Waals surface area contributed by atoms with E-state index >= 15 is 0 Å². The van der Waals surface area contributed by atoms with E-state index in [4.69, 9.17) is 9.47 Å². The van der Waals surface area contributed by atoms with Gasteiger partial charge in [-0.2, -0.15) is 0 Å². The molecule has 0 aliphatic rings. The molecule has 35 heavy (non-hydrogen) atoms. The Labute approximate surface area is 208 Å². The van der Waals surface area contributed by atoms with Crippen molar-refractivity contribution in [3.05, 3.63) is 51.8 Å². The Morgan fingerprint density at radius 1 is 1.00 bits per heavy atom. The monoisotopic (exact) mass is 485 g/mol. The second-order valence-electron chi connectivity index (χ2n) is 8.49. The van der Waals surface area contributed by atoms with E-state index in [1.165, 1.54) is 4.90 Å². The van der Waals surface area contributed by atoms with Crippen LogP contribution in [0.15, 0.2) is 18.2 Å². The van der Waals surface area contributed by atoms with Crippen molar-refractivity contribution in [2.75, 3.05) is 38.2 Å². The lowest BCUT2D eigenvalue weighted by Gasteiger charge is -2.24. The number of anilines is 1. The van der Waals surface area contributed by atoms with Crippen LogP contribution in [-0.4, -0.2) is 60.2 Å². The van der Waals surface area contributed by atoms with Crippen LogP contribution in [-0.2, 0) is 16.0 Å². The summed E-state index contributed by atoms with van der Waals surface area (Å²) in [4.78, 5) is 40.9. The van der Waals surface area contributed by atoms with E-state index in [2.05, 4.69) is 5.32 Å². The summed E-state index contributed by atoms with van der Waals surface area (Å²) in [7, 11) is 0. The van der Waals surface area contributed by atoms with Gasteiger partial charge < -0.3 is 24.3 Å². The number of para-hydroxylation sites is 1. The molecule has 2 rings (SSSR count). The van der Waals surface area contributed by atoms with Crippen LogP contribution in [0.5, 0.6) is 0 Å². The van der Waals surface area contributed by atoms with Crippen molar-refractivity contribution >= 4 is 23.5 Å². The molecular weight excluding hydrogens is 446 g/mol. The Morgan fingerprint density at radius 3 is 2.23 bits per heavy atom. The molecule has 0 saturated carbocycles. The second kappa shape index (κ2) is 13.1. The van der Waals surface area contributed by atoms with Crippen LogP contribution < -0.4 is 5.32 Å². The van der Waals surface area contributed by atoms with Crippen LogP contribution in [0.2, 0.25) is 0 Å². The van der Waals surface area contributed by atoms with Gasteiger partial charge in [-0.05, 0) is 71.6 Å². The predicted molar refractivity (Wildman–Crippen MR) is 137 cm³/mol. The molecule has 0 fully saturated rings. The molecule has 0 spiro atoms. The standard InChI is InChI=1S/C27H39N3O5/c1-8-30-21(7)23(20(6)25(30)26(32)35-10-3)22(31)17-29(15-12-16-34-9-2)27(33)28-24-18(4)13-11-14-19(24)5/h11,13-14H,8-10,12,15-17H2,1-7H3,(H,28,33). The Kier molecular flexibility index (Phi) is 10.5. The normalized spacial score (nSPS) is 10.8. The van der Waals surface area contributed by atoms with Crippen LogP contribution in [0.4, 0.5) is 10.5 Å². The lowest BCUT2D eigenvalue weighted by atomic mass is 10.1. The van der Waals surface area contributed by atoms with Gasteiger partial charge in [0.1, 0.15) is 5.69 Å². The minimum absolute atomic E-state index is 0.111. The van der Waals surface area contributed by atoms with Gasteiger partial charge in [0.05, 0.1) is 13.2 Å². The summed E-state index contributed by atoms with van der Waals surface area (Å²) < 4.78 is 12.5. The van der Waals surface area contributed by atoms with Gasteiger partial charge in [-0.1, -0.05) is 18.2 Å². The van der Waals surface area contributed by atoms with Crippen molar-refractivity contribution in [3.8, 4) is 0 Å². The van der Waals surface area contributed by atoms with Crippen molar-refractivity contribution < 1.29 is 23.9 Å². The van der Waals surface area contributed by atoms with Gasteiger partial charge in [0.2, 0.25) is 0 Å². The number of carbonyl (C=O) groups excluding carboxylic acids is 3. The SMILES string of the molecule is CCOCCCN(CC(=O)c1c(C)c(C(=O)OCC)n(CC)c1C)C(=O)Nc1c(C)cccc1C. The lowest BCUT2D eigenvalue weighted by Crippen LogP contribution is -2.40. The van der Waals surface area contributed by atoms with Gasteiger partial charge in [0.25, 0.3) is 0 Å². The Hall–Kier alpha value is -3.13. The number of rotatable bonds is 12. The fraction of sp³-hybridized carbons (Fsp3) is 0.519. The first-order chi connectivity index (χ1) is 16.7. The third-order valence-corrected chi connectivity index (χ3v) is 6.09. The van der Waals surface area contributed by atoms with Crippen LogP contribution in [0.1, 0.15) is 70.4 Å². The highest BCUT2D eigenvalue weighted by Gasteiger charge is 2.28. The maximum atomic E-state index is 13.5. The number of hydrogen-bond donors (Lipinski definition) is 1. The fourth-order valence-electron chi connectivity index (χ4n) is 4.37. The average molecular weight is 486 g/mol. The first-order valence-corrected chi connectivity index (χ1v) is 12.3. The molecule has 2 amide bonds. The molecule has 1 aromatic carbocycles. The van der Waals surface area contributed by atoms with Crippen molar-refractivity contribution in [2.24, 2.45) is 0 Å². The van der Waals surface area contributed by atoms with Gasteiger partial charge in [-0.15, -0.1) is 0 Å². The summed E-state index contributed by atoms with van der Waals surface area (Å²) >= 11 is 0. The number of carbonyl (C=O) groups is 3. The first-order valence-electron chi connectivity index (χ1n) is 12.3. The molecule has 8 heteroatoms. The molecule has 0 saturated heterocycles. The number of urea groups is 1. The zero-order valence-electron chi connectivity index (χ0n) is 22.1. The summed E-state index contributed by atoms with van der Waals surface area (Å²) in [5, 5.41) is 2.98. The number of amides is 2. The average Bonchev–Trinajstić information content (AvgIpc) is 3.07. The number of hydrogen-bond acceptors (Lipinski definition) is 5. The highest BCUT2D eigenvalue weighted by atomic mass is 16.5. The number of ketones is 1. The molecule has 0 bridgehead atoms. The van der Waals surface area contributed by atoms with Gasteiger partial charge in [0, 0.05) is 43.2 Å². The molecule has 0 radical (unpaired) electrons. The van der Waals surface area contributed by atoms with Crippen LogP contribution >= 0.6 is 0 Å². The molecular formula is C27H39N3O5. The topological polar surface area (TPSA) is 89.9 Å². The van der Waals surface area contributed by atoms with E-state index < -0.39 is 5.97 Å². The molecule has 0 aliphatic heterocycles. The first kappa shape index (κ1) is 28.1. The Bertz CT molecular complexity index is 1040. The van der Waals surface area contributed by atoms with Gasteiger partial charge in [-0.25, -0.2) is 9.59 Å². The molecule has 1 aromatic heterocycles. The van der Waals surface area contributed by atoms with Crippen LogP contribution in [0, 0.1) is 27.7 Å². The Balaban J connectivity index is 2.34. The summed E-state index contributed by atoms with van der Waals surface area (Å²) in [5.41, 5.74) is 4.77. The molecule has 0 atom stereocenters. The van der Waals surface area contributed by atoms with Crippen LogP contribution in [0.3, 0.4) is 0 Å². The zero-order valence-corrected chi connectivity index (χ0v) is 22.1. The smallest absolute Gasteiger partial charge is 0.355 e. The number of ether oxygens (including phenoxy) is 2. The van der Waals surface area contributed by atoms with Gasteiger partial charge >= 0.3 is 12.0 Å². The highest BCUT2D eigenvalue weighted by Crippen LogP contribution is 2.25. The number of nitrogens with zero attached hydrogens (tertiary/aromatic N) is 2. The number of nitrogens with one attached hydrogen (secondary N) is 1. The molecule has 1 heterocycles. The molecule has 2 aromatic rings. The zero-order chi connectivity index (χ0) is 26.1. The maximum Gasteiger partial charge on any atom is 0.355 e. The molecule has 0 aliphatic carbocycles. The van der Waals surface area contributed by atoms with Crippen molar-refractivity contribution in [1.29, 1.82) is 0 Å². The highest BCUT2D eigenvalue weighted by molar-refractivity contribution is 6.05. The van der Waals surface area contributed by atoms with Crippen LogP contribution in [0.25, 0.3) is 0 Å². The number of aryl methyl sites for hydroxylation is 2. The molecule has 0 unspecified atom stereocenters. The number of Topliss-reactive ketones (excluding diaryl/α,β-unsaturated/α-hetero) is 1. The molecule has 1 N–H and O–H groups in total. The van der Waals surface area contributed by atoms with E-state index in [1.54, 1.807) is 18.4 Å². The van der Waals surface area contributed by atoms with E-state index in [0.717, 1.165) is 16.8 Å². The summed E-state index contributed by atoms with van der Waals surface area (Å²) in [6.45, 7) is 15.2. The van der Waals surface area contributed by atoms with Crippen molar-refractivity contribution in [2.45, 2.75) is 61.4 Å². The summed E-state index contributed by atoms with van der Waals surface area (Å²) in [6, 6.07) is 5.46. The van der Waals surface area contributed by atoms with Gasteiger partial charge in [-0.3, -0.25) is 4.79 Å². The van der Waals surface area contributed by atoms with E-state index in [9.17, 15) is 14.4 Å². The molecule has 8 nitrogen and oxygen atoms in total. The number of aromatic nitrogens is 1. The van der Waals surface area contributed by atoms with E-state index in [0.29, 0.717) is 55.2 Å². The number of benzene rings is 1. The van der Waals surface area contributed by atoms with Crippen molar-refractivity contribution in [1.82, 2.24) is 9.47 Å². The summed E-state index contributed by atoms with van der Waals surface area (Å²) in [6.07, 6.45) is 0.601. The van der Waals surface area contributed by atoms with E-state index in [1.807, 2.05) is 52.8 Å². The minimum Gasteiger partial charge on any atom is -0.461 e. The maximum absolute atomic E-state index is 13.5. The van der Waals surface area contributed by atoms with Crippen molar-refractivity contribution in [3.63, 3.8) is 0 Å². The van der Waals surface area contributed by atoms with Gasteiger partial charge in [0.15, 0.2) is 5.78 Å². The van der Waals surface area contributed by atoms with E-state index in [-0.39, 0.29) is 25.0 Å². The summed E-state index contributed by atoms with van der Waals surface area (Å²) in [5.74, 6) is -0.666. The number of esters is 1. The fourth-order valence-corrected chi connectivity index (χ4v) is 4.37. The third-order valence-electron chi connectivity index (χ3n) is 6.09. The lowest BCUT2D eigenvalue weighted by molar-refractivity contribution is 0.0512. The molecule has 192 valence electrons. The third kappa shape index (κ3) is 6.72. The minimum atomic E-state index is -0.449. The quantitative estimate of drug-likeness (QED) is 0.258. The largest absolute Gasteiger partial charge is 0.461 e. The Morgan fingerprint density at radius 2 is 1.66 bits per heavy atom. The predicted octanol–water partition coefficient (Wildman–Crippen LogP) is 5.06. The second-order valence-corrected chi connectivity index (χ2v) is 8.49.